The molecule has 2 N–H and O–H groups in total. The largest absolute Gasteiger partial charge is 0.306 e. The minimum atomic E-state index is -0.222. The van der Waals surface area contributed by atoms with Crippen LogP contribution in [0, 0.1) is 6.92 Å². The molecule has 88 valence electrons. The van der Waals surface area contributed by atoms with Gasteiger partial charge in [0, 0.05) is 36.6 Å². The van der Waals surface area contributed by atoms with Crippen LogP contribution < -0.4 is 5.32 Å². The highest BCUT2D eigenvalue weighted by Gasteiger charge is 2.00. The molecule has 2 aromatic heterocycles. The molecule has 6 nitrogen and oxygen atoms in total. The van der Waals surface area contributed by atoms with Crippen LogP contribution in [0.15, 0.2) is 24.5 Å². The number of nitrogens with zero attached hydrogens (tertiary/aromatic N) is 3. The first kappa shape index (κ1) is 11.1. The number of nitrogens with one attached hydrogen (secondary N) is 2. The number of aromatic amines is 1. The maximum absolute atomic E-state index is 11.5. The molecule has 0 atom stereocenters. The van der Waals surface area contributed by atoms with Crippen molar-refractivity contribution in [1.29, 1.82) is 0 Å². The minimum Gasteiger partial charge on any atom is -0.306 e. The first-order valence-corrected chi connectivity index (χ1v) is 5.13. The average Bonchev–Trinajstić information content (AvgIpc) is 2.85. The molecule has 2 heterocycles. The normalized spacial score (nSPS) is 10.9. The number of anilines is 1. The summed E-state index contributed by atoms with van der Waals surface area (Å²) < 4.78 is 1.68. The third kappa shape index (κ3) is 3.04. The minimum absolute atomic E-state index is 0.222. The topological polar surface area (TPSA) is 75.6 Å². The van der Waals surface area contributed by atoms with Crippen LogP contribution in [0.2, 0.25) is 0 Å². The Morgan fingerprint density at radius 2 is 2.41 bits per heavy atom. The van der Waals surface area contributed by atoms with Crippen molar-refractivity contribution in [3.8, 4) is 0 Å². The van der Waals surface area contributed by atoms with E-state index in [2.05, 4.69) is 20.6 Å². The molecule has 0 aliphatic heterocycles. The van der Waals surface area contributed by atoms with E-state index in [1.165, 1.54) is 6.08 Å². The van der Waals surface area contributed by atoms with E-state index in [1.807, 2.05) is 20.2 Å². The molecule has 0 fully saturated rings. The number of rotatable bonds is 3. The molecule has 0 bridgehead atoms. The molecule has 0 aromatic carbocycles. The standard InChI is InChI=1S/C11H13N5O/c1-8-5-10(15-14-8)13-11(17)4-3-9-6-12-16(2)7-9/h3-7H,1-2H3,(H2,13,14,15,17). The summed E-state index contributed by atoms with van der Waals surface area (Å²) in [5, 5.41) is 13.3. The lowest BCUT2D eigenvalue weighted by atomic mass is 10.3. The SMILES string of the molecule is Cc1cc(NC(=O)C=Cc2cnn(C)c2)n[nH]1. The van der Waals surface area contributed by atoms with Crippen molar-refractivity contribution in [1.82, 2.24) is 20.0 Å². The molecule has 0 saturated carbocycles. The molecule has 6 heteroatoms. The number of aromatic nitrogens is 4. The molecule has 17 heavy (non-hydrogen) atoms. The van der Waals surface area contributed by atoms with Gasteiger partial charge in [0.25, 0.3) is 0 Å². The fraction of sp³-hybridized carbons (Fsp3) is 0.182. The van der Waals surface area contributed by atoms with Crippen molar-refractivity contribution in [2.45, 2.75) is 6.92 Å². The maximum Gasteiger partial charge on any atom is 0.249 e. The van der Waals surface area contributed by atoms with E-state index in [1.54, 1.807) is 23.0 Å². The molecule has 1 amide bonds. The van der Waals surface area contributed by atoms with Crippen molar-refractivity contribution in [3.05, 3.63) is 35.8 Å². The summed E-state index contributed by atoms with van der Waals surface area (Å²) in [6.07, 6.45) is 6.65. The molecule has 0 spiro atoms. The Bertz CT molecular complexity index is 552. The lowest BCUT2D eigenvalue weighted by molar-refractivity contribution is -0.111. The second-order valence-electron chi connectivity index (χ2n) is 3.71. The van der Waals surface area contributed by atoms with Gasteiger partial charge in [-0.25, -0.2) is 0 Å². The van der Waals surface area contributed by atoms with E-state index >= 15 is 0 Å². The van der Waals surface area contributed by atoms with Gasteiger partial charge in [-0.3, -0.25) is 14.6 Å². The molecule has 2 rings (SSSR count). The lowest BCUT2D eigenvalue weighted by Crippen LogP contribution is -2.07. The van der Waals surface area contributed by atoms with E-state index in [0.717, 1.165) is 11.3 Å². The van der Waals surface area contributed by atoms with E-state index in [-0.39, 0.29) is 5.91 Å². The Kier molecular flexibility index (Phi) is 3.04. The highest BCUT2D eigenvalue weighted by Crippen LogP contribution is 2.04. The van der Waals surface area contributed by atoms with Crippen LogP contribution in [0.3, 0.4) is 0 Å². The van der Waals surface area contributed by atoms with Crippen molar-refractivity contribution in [3.63, 3.8) is 0 Å². The van der Waals surface area contributed by atoms with Crippen molar-refractivity contribution >= 4 is 17.8 Å². The summed E-state index contributed by atoms with van der Waals surface area (Å²) in [5.74, 6) is 0.295. The molecule has 0 saturated heterocycles. The molecular formula is C11H13N5O. The monoisotopic (exact) mass is 231 g/mol. The Balaban J connectivity index is 1.95. The van der Waals surface area contributed by atoms with Gasteiger partial charge in [0.05, 0.1) is 6.20 Å². The van der Waals surface area contributed by atoms with Gasteiger partial charge in [-0.05, 0) is 13.0 Å². The summed E-state index contributed by atoms with van der Waals surface area (Å²) >= 11 is 0. The van der Waals surface area contributed by atoms with Gasteiger partial charge < -0.3 is 5.32 Å². The number of H-pyrrole nitrogens is 1. The van der Waals surface area contributed by atoms with Gasteiger partial charge in [0.15, 0.2) is 5.82 Å². The smallest absolute Gasteiger partial charge is 0.249 e. The van der Waals surface area contributed by atoms with Crippen LogP contribution in [-0.2, 0) is 11.8 Å². The molecular weight excluding hydrogens is 218 g/mol. The number of carbonyl (C=O) groups excluding carboxylic acids is 1. The number of amides is 1. The zero-order valence-electron chi connectivity index (χ0n) is 9.64. The van der Waals surface area contributed by atoms with Gasteiger partial charge in [-0.1, -0.05) is 0 Å². The first-order chi connectivity index (χ1) is 8.13. The van der Waals surface area contributed by atoms with Gasteiger partial charge in [-0.2, -0.15) is 10.2 Å². The summed E-state index contributed by atoms with van der Waals surface area (Å²) in [4.78, 5) is 11.5. The van der Waals surface area contributed by atoms with E-state index in [4.69, 9.17) is 0 Å². The van der Waals surface area contributed by atoms with E-state index in [0.29, 0.717) is 5.82 Å². The van der Waals surface area contributed by atoms with Crippen LogP contribution in [0.1, 0.15) is 11.3 Å². The fourth-order valence-electron chi connectivity index (χ4n) is 1.35. The quantitative estimate of drug-likeness (QED) is 0.777. The highest BCUT2D eigenvalue weighted by molar-refractivity contribution is 6.01. The van der Waals surface area contributed by atoms with Crippen LogP contribution in [0.25, 0.3) is 6.08 Å². The number of carbonyl (C=O) groups is 1. The van der Waals surface area contributed by atoms with Crippen LogP contribution in [-0.4, -0.2) is 25.9 Å². The van der Waals surface area contributed by atoms with Crippen molar-refractivity contribution in [2.24, 2.45) is 7.05 Å². The summed E-state index contributed by atoms with van der Waals surface area (Å²) in [5.41, 5.74) is 1.78. The van der Waals surface area contributed by atoms with Gasteiger partial charge in [-0.15, -0.1) is 0 Å². The summed E-state index contributed by atoms with van der Waals surface area (Å²) in [6, 6.07) is 1.76. The Morgan fingerprint density at radius 1 is 1.59 bits per heavy atom. The zero-order valence-corrected chi connectivity index (χ0v) is 9.64. The third-order valence-electron chi connectivity index (χ3n) is 2.11. The Morgan fingerprint density at radius 3 is 3.00 bits per heavy atom. The molecule has 0 radical (unpaired) electrons. The molecule has 2 aromatic rings. The lowest BCUT2D eigenvalue weighted by Gasteiger charge is -1.94. The van der Waals surface area contributed by atoms with Crippen LogP contribution in [0.5, 0.6) is 0 Å². The van der Waals surface area contributed by atoms with Crippen LogP contribution in [0.4, 0.5) is 5.82 Å². The highest BCUT2D eigenvalue weighted by atomic mass is 16.1. The van der Waals surface area contributed by atoms with Gasteiger partial charge in [0.1, 0.15) is 0 Å². The van der Waals surface area contributed by atoms with E-state index in [9.17, 15) is 4.79 Å². The second kappa shape index (κ2) is 4.65. The molecule has 0 aliphatic rings. The summed E-state index contributed by atoms with van der Waals surface area (Å²) in [6.45, 7) is 1.87. The van der Waals surface area contributed by atoms with E-state index < -0.39 is 0 Å². The predicted molar refractivity (Wildman–Crippen MR) is 64.2 cm³/mol. The van der Waals surface area contributed by atoms with Crippen molar-refractivity contribution < 1.29 is 4.79 Å². The number of aryl methyl sites for hydroxylation is 2. The Labute approximate surface area is 98.3 Å². The summed E-state index contributed by atoms with van der Waals surface area (Å²) in [7, 11) is 1.82. The molecule has 0 unspecified atom stereocenters. The zero-order chi connectivity index (χ0) is 12.3. The Hall–Kier alpha value is -2.37. The molecule has 0 aliphatic carbocycles. The number of hydrogen-bond acceptors (Lipinski definition) is 3. The first-order valence-electron chi connectivity index (χ1n) is 5.13. The predicted octanol–water partition coefficient (Wildman–Crippen LogP) is 1.10. The van der Waals surface area contributed by atoms with Crippen LogP contribution >= 0.6 is 0 Å². The van der Waals surface area contributed by atoms with Gasteiger partial charge >= 0.3 is 0 Å². The number of hydrogen-bond donors (Lipinski definition) is 2. The third-order valence-corrected chi connectivity index (χ3v) is 2.11. The maximum atomic E-state index is 11.5. The van der Waals surface area contributed by atoms with Gasteiger partial charge in [0.2, 0.25) is 5.91 Å². The average molecular weight is 231 g/mol. The second-order valence-corrected chi connectivity index (χ2v) is 3.71. The van der Waals surface area contributed by atoms with Crippen molar-refractivity contribution in [2.75, 3.05) is 5.32 Å². The fourth-order valence-corrected chi connectivity index (χ4v) is 1.35.